The van der Waals surface area contributed by atoms with Gasteiger partial charge in [0.15, 0.2) is 0 Å². The third-order valence-electron chi connectivity index (χ3n) is 6.26. The van der Waals surface area contributed by atoms with Crippen LogP contribution in [0.2, 0.25) is 0 Å². The standard InChI is InChI=1S/C27H23FN2O3/c1-33-27(32)20-8-6-18(7-9-20)16-30-24-5-3-2-4-22(24)23-14-15-29(17-25(23)30)26(31)19-10-12-21(28)13-11-19/h2-13H,14-17H2,1H3. The van der Waals surface area contributed by atoms with Gasteiger partial charge in [0.25, 0.3) is 5.91 Å². The van der Waals surface area contributed by atoms with Crippen LogP contribution in [0.4, 0.5) is 4.39 Å². The second-order valence-corrected chi connectivity index (χ2v) is 8.20. The van der Waals surface area contributed by atoms with Crippen molar-refractivity contribution in [1.29, 1.82) is 0 Å². The maximum Gasteiger partial charge on any atom is 0.337 e. The zero-order chi connectivity index (χ0) is 22.9. The van der Waals surface area contributed by atoms with Crippen molar-refractivity contribution >= 4 is 22.8 Å². The predicted octanol–water partition coefficient (Wildman–Crippen LogP) is 4.81. The molecule has 1 aliphatic heterocycles. The monoisotopic (exact) mass is 442 g/mol. The van der Waals surface area contributed by atoms with Crippen molar-refractivity contribution in [3.05, 3.63) is 107 Å². The third kappa shape index (κ3) is 3.89. The number of nitrogens with zero attached hydrogens (tertiary/aromatic N) is 2. The summed E-state index contributed by atoms with van der Waals surface area (Å²) in [5, 5.41) is 1.20. The summed E-state index contributed by atoms with van der Waals surface area (Å²) in [6.45, 7) is 1.72. The molecule has 0 fully saturated rings. The molecule has 166 valence electrons. The Hall–Kier alpha value is -3.93. The van der Waals surface area contributed by atoms with E-state index >= 15 is 0 Å². The van der Waals surface area contributed by atoms with E-state index in [9.17, 15) is 14.0 Å². The molecule has 2 heterocycles. The summed E-state index contributed by atoms with van der Waals surface area (Å²) >= 11 is 0. The molecule has 6 heteroatoms. The Kier molecular flexibility index (Phi) is 5.42. The molecule has 1 amide bonds. The average molecular weight is 442 g/mol. The van der Waals surface area contributed by atoms with E-state index in [1.807, 2.05) is 29.2 Å². The van der Waals surface area contributed by atoms with E-state index in [0.717, 1.165) is 23.2 Å². The van der Waals surface area contributed by atoms with Crippen LogP contribution in [-0.4, -0.2) is 35.0 Å². The van der Waals surface area contributed by atoms with Gasteiger partial charge in [-0.3, -0.25) is 4.79 Å². The Balaban J connectivity index is 1.49. The molecule has 4 aromatic rings. The highest BCUT2D eigenvalue weighted by molar-refractivity contribution is 5.95. The van der Waals surface area contributed by atoms with Crippen molar-refractivity contribution < 1.29 is 18.7 Å². The fourth-order valence-electron chi connectivity index (χ4n) is 4.57. The molecule has 0 radical (unpaired) electrons. The number of aromatic nitrogens is 1. The largest absolute Gasteiger partial charge is 0.465 e. The van der Waals surface area contributed by atoms with Gasteiger partial charge in [0.05, 0.1) is 19.2 Å². The molecule has 0 aliphatic carbocycles. The van der Waals surface area contributed by atoms with E-state index in [0.29, 0.717) is 30.8 Å². The summed E-state index contributed by atoms with van der Waals surface area (Å²) in [6, 6.07) is 21.4. The quantitative estimate of drug-likeness (QED) is 0.426. The number of amides is 1. The van der Waals surface area contributed by atoms with Gasteiger partial charge in [0.1, 0.15) is 5.82 Å². The first-order valence-corrected chi connectivity index (χ1v) is 10.9. The minimum absolute atomic E-state index is 0.0973. The van der Waals surface area contributed by atoms with E-state index in [1.54, 1.807) is 12.1 Å². The Labute approximate surface area is 191 Å². The molecule has 5 nitrogen and oxygen atoms in total. The van der Waals surface area contributed by atoms with Gasteiger partial charge in [0.2, 0.25) is 0 Å². The molecule has 1 aromatic heterocycles. The van der Waals surface area contributed by atoms with Gasteiger partial charge in [-0.25, -0.2) is 9.18 Å². The number of hydrogen-bond acceptors (Lipinski definition) is 3. The van der Waals surface area contributed by atoms with Gasteiger partial charge in [-0.15, -0.1) is 0 Å². The van der Waals surface area contributed by atoms with E-state index in [2.05, 4.69) is 16.7 Å². The topological polar surface area (TPSA) is 51.5 Å². The Bertz CT molecular complexity index is 1340. The maximum atomic E-state index is 13.3. The first-order chi connectivity index (χ1) is 16.0. The minimum Gasteiger partial charge on any atom is -0.465 e. The van der Waals surface area contributed by atoms with Gasteiger partial charge in [-0.2, -0.15) is 0 Å². The highest BCUT2D eigenvalue weighted by Gasteiger charge is 2.27. The molecule has 0 bridgehead atoms. The van der Waals surface area contributed by atoms with E-state index in [-0.39, 0.29) is 17.7 Å². The van der Waals surface area contributed by atoms with E-state index in [4.69, 9.17) is 4.74 Å². The lowest BCUT2D eigenvalue weighted by Gasteiger charge is -2.29. The lowest BCUT2D eigenvalue weighted by Crippen LogP contribution is -2.36. The molecule has 3 aromatic carbocycles. The third-order valence-corrected chi connectivity index (χ3v) is 6.26. The second kappa shape index (κ2) is 8.54. The number of carbonyl (C=O) groups excluding carboxylic acids is 2. The molecule has 33 heavy (non-hydrogen) atoms. The molecule has 1 aliphatic rings. The van der Waals surface area contributed by atoms with Crippen LogP contribution in [0.15, 0.2) is 72.8 Å². The number of rotatable bonds is 4. The fourth-order valence-corrected chi connectivity index (χ4v) is 4.57. The number of carbonyl (C=O) groups is 2. The lowest BCUT2D eigenvalue weighted by atomic mass is 10.0. The Morgan fingerprint density at radius 1 is 0.939 bits per heavy atom. The molecule has 5 rings (SSSR count). The number of para-hydroxylation sites is 1. The van der Waals surface area contributed by atoms with E-state index in [1.165, 1.54) is 42.3 Å². The van der Waals surface area contributed by atoms with Crippen molar-refractivity contribution in [2.75, 3.05) is 13.7 Å². The molecular weight excluding hydrogens is 419 g/mol. The fraction of sp³-hybridized carbons (Fsp3) is 0.185. The van der Waals surface area contributed by atoms with Crippen molar-refractivity contribution in [2.45, 2.75) is 19.5 Å². The number of fused-ring (bicyclic) bond motifs is 3. The average Bonchev–Trinajstić information content (AvgIpc) is 3.17. The summed E-state index contributed by atoms with van der Waals surface area (Å²) < 4.78 is 20.3. The second-order valence-electron chi connectivity index (χ2n) is 8.20. The van der Waals surface area contributed by atoms with Crippen molar-refractivity contribution in [1.82, 2.24) is 9.47 Å². The number of hydrogen-bond donors (Lipinski definition) is 0. The zero-order valence-electron chi connectivity index (χ0n) is 18.3. The predicted molar refractivity (Wildman–Crippen MR) is 124 cm³/mol. The van der Waals surface area contributed by atoms with Crippen LogP contribution < -0.4 is 0 Å². The van der Waals surface area contributed by atoms with Crippen LogP contribution in [0.5, 0.6) is 0 Å². The number of methoxy groups -OCH3 is 1. The highest BCUT2D eigenvalue weighted by Crippen LogP contribution is 2.32. The normalized spacial score (nSPS) is 13.1. The number of esters is 1. The summed E-state index contributed by atoms with van der Waals surface area (Å²) in [6.07, 6.45) is 0.761. The molecular formula is C27H23FN2O3. The van der Waals surface area contributed by atoms with Crippen LogP contribution in [0, 0.1) is 5.82 Å². The van der Waals surface area contributed by atoms with Gasteiger partial charge < -0.3 is 14.2 Å². The summed E-state index contributed by atoms with van der Waals surface area (Å²) in [4.78, 5) is 26.7. The van der Waals surface area contributed by atoms with Gasteiger partial charge in [-0.1, -0.05) is 30.3 Å². The SMILES string of the molecule is COC(=O)c1ccc(Cn2c3c(c4ccccc42)CCN(C(=O)c2ccc(F)cc2)C3)cc1. The summed E-state index contributed by atoms with van der Waals surface area (Å²) in [7, 11) is 1.37. The zero-order valence-corrected chi connectivity index (χ0v) is 18.3. The Morgan fingerprint density at radius 3 is 2.36 bits per heavy atom. The van der Waals surface area contributed by atoms with Crippen LogP contribution in [0.3, 0.4) is 0 Å². The molecule has 0 saturated carbocycles. The summed E-state index contributed by atoms with van der Waals surface area (Å²) in [5.74, 6) is -0.814. The molecule has 0 atom stereocenters. The number of ether oxygens (including phenoxy) is 1. The van der Waals surface area contributed by atoms with Crippen LogP contribution in [0.1, 0.15) is 37.5 Å². The maximum absolute atomic E-state index is 13.3. The molecule has 0 N–H and O–H groups in total. The minimum atomic E-state index is -0.361. The van der Waals surface area contributed by atoms with Gasteiger partial charge in [-0.05, 0) is 60.0 Å². The van der Waals surface area contributed by atoms with Crippen molar-refractivity contribution in [3.63, 3.8) is 0 Å². The number of halogens is 1. The Morgan fingerprint density at radius 2 is 1.64 bits per heavy atom. The van der Waals surface area contributed by atoms with Crippen LogP contribution >= 0.6 is 0 Å². The van der Waals surface area contributed by atoms with E-state index < -0.39 is 0 Å². The first-order valence-electron chi connectivity index (χ1n) is 10.9. The lowest BCUT2D eigenvalue weighted by molar-refractivity contribution is 0.0600. The smallest absolute Gasteiger partial charge is 0.337 e. The first kappa shape index (κ1) is 20.9. The van der Waals surface area contributed by atoms with Gasteiger partial charge in [0, 0.05) is 35.2 Å². The number of benzene rings is 3. The summed E-state index contributed by atoms with van der Waals surface area (Å²) in [5.41, 5.74) is 5.54. The highest BCUT2D eigenvalue weighted by atomic mass is 19.1. The van der Waals surface area contributed by atoms with Gasteiger partial charge >= 0.3 is 5.97 Å². The molecule has 0 saturated heterocycles. The van der Waals surface area contributed by atoms with Crippen molar-refractivity contribution in [2.24, 2.45) is 0 Å². The van der Waals surface area contributed by atoms with Crippen LogP contribution in [0.25, 0.3) is 10.9 Å². The molecule has 0 unspecified atom stereocenters. The van der Waals surface area contributed by atoms with Crippen molar-refractivity contribution in [3.8, 4) is 0 Å². The van der Waals surface area contributed by atoms with Crippen LogP contribution in [-0.2, 0) is 24.2 Å². The molecule has 0 spiro atoms.